The third kappa shape index (κ3) is 3.30. The summed E-state index contributed by atoms with van der Waals surface area (Å²) in [6.07, 6.45) is 5.01. The summed E-state index contributed by atoms with van der Waals surface area (Å²) in [5.41, 5.74) is 2.23. The van der Waals surface area contributed by atoms with E-state index in [9.17, 15) is 9.59 Å². The van der Waals surface area contributed by atoms with Crippen LogP contribution in [0.3, 0.4) is 0 Å². The fourth-order valence-corrected chi connectivity index (χ4v) is 3.15. The second kappa shape index (κ2) is 6.22. The standard InChI is InChI=1S/C17H20N2O3/c20-16(19-14-4-3-13(10-14)17(21)22)6-2-11-1-5-15-12(9-11)7-8-18-15/h1,5,7-9,13-14,18H,2-4,6,10H2,(H,19,20)(H,21,22)/t13-,14+/m0/s1. The number of fused-ring (bicyclic) bond motifs is 1. The van der Waals surface area contributed by atoms with E-state index in [1.165, 1.54) is 0 Å². The topological polar surface area (TPSA) is 82.2 Å². The van der Waals surface area contributed by atoms with E-state index in [0.29, 0.717) is 25.7 Å². The maximum absolute atomic E-state index is 12.0. The first-order valence-corrected chi connectivity index (χ1v) is 7.70. The average Bonchev–Trinajstić information content (AvgIpc) is 3.13. The highest BCUT2D eigenvalue weighted by atomic mass is 16.4. The van der Waals surface area contributed by atoms with Gasteiger partial charge < -0.3 is 15.4 Å². The van der Waals surface area contributed by atoms with Crippen molar-refractivity contribution in [3.05, 3.63) is 36.0 Å². The Labute approximate surface area is 128 Å². The highest BCUT2D eigenvalue weighted by Gasteiger charge is 2.30. The van der Waals surface area contributed by atoms with Gasteiger partial charge in [0.1, 0.15) is 0 Å². The van der Waals surface area contributed by atoms with Crippen molar-refractivity contribution in [2.24, 2.45) is 5.92 Å². The van der Waals surface area contributed by atoms with Crippen LogP contribution >= 0.6 is 0 Å². The van der Waals surface area contributed by atoms with Crippen LogP contribution in [0.25, 0.3) is 10.9 Å². The van der Waals surface area contributed by atoms with Crippen LogP contribution in [0.4, 0.5) is 0 Å². The van der Waals surface area contributed by atoms with Crippen LogP contribution in [0, 0.1) is 5.92 Å². The molecule has 1 aliphatic carbocycles. The minimum Gasteiger partial charge on any atom is -0.481 e. The molecule has 1 aromatic carbocycles. The molecular weight excluding hydrogens is 280 g/mol. The molecule has 1 saturated carbocycles. The molecule has 0 unspecified atom stereocenters. The summed E-state index contributed by atoms with van der Waals surface area (Å²) in [6.45, 7) is 0. The number of H-pyrrole nitrogens is 1. The number of aryl methyl sites for hydroxylation is 1. The SMILES string of the molecule is O=C(CCc1ccc2[nH]ccc2c1)N[C@@H]1CC[C@H](C(=O)O)C1. The van der Waals surface area contributed by atoms with Gasteiger partial charge in [0.25, 0.3) is 0 Å². The van der Waals surface area contributed by atoms with Crippen LogP contribution < -0.4 is 5.32 Å². The van der Waals surface area contributed by atoms with Crippen molar-refractivity contribution in [3.63, 3.8) is 0 Å². The molecule has 3 rings (SSSR count). The molecule has 22 heavy (non-hydrogen) atoms. The third-order valence-electron chi connectivity index (χ3n) is 4.41. The fourth-order valence-electron chi connectivity index (χ4n) is 3.15. The molecule has 1 amide bonds. The van der Waals surface area contributed by atoms with Gasteiger partial charge in [0.2, 0.25) is 5.91 Å². The highest BCUT2D eigenvalue weighted by molar-refractivity contribution is 5.80. The predicted molar refractivity (Wildman–Crippen MR) is 83.5 cm³/mol. The Balaban J connectivity index is 1.49. The number of carbonyl (C=O) groups is 2. The fraction of sp³-hybridized carbons (Fsp3) is 0.412. The molecule has 1 aromatic heterocycles. The molecule has 0 saturated heterocycles. The van der Waals surface area contributed by atoms with Gasteiger partial charge in [0.15, 0.2) is 0 Å². The summed E-state index contributed by atoms with van der Waals surface area (Å²) in [6, 6.07) is 8.18. The Morgan fingerprint density at radius 2 is 2.14 bits per heavy atom. The first kappa shape index (κ1) is 14.6. The van der Waals surface area contributed by atoms with Gasteiger partial charge in [-0.3, -0.25) is 9.59 Å². The molecule has 0 radical (unpaired) electrons. The monoisotopic (exact) mass is 300 g/mol. The van der Waals surface area contributed by atoms with Gasteiger partial charge in [0, 0.05) is 24.2 Å². The first-order chi connectivity index (χ1) is 10.6. The van der Waals surface area contributed by atoms with Crippen LogP contribution in [-0.2, 0) is 16.0 Å². The molecule has 1 fully saturated rings. The first-order valence-electron chi connectivity index (χ1n) is 7.70. The number of hydrogen-bond acceptors (Lipinski definition) is 2. The van der Waals surface area contributed by atoms with Crippen LogP contribution in [0.1, 0.15) is 31.2 Å². The van der Waals surface area contributed by atoms with E-state index in [1.807, 2.05) is 24.4 Å². The van der Waals surface area contributed by atoms with E-state index in [0.717, 1.165) is 22.9 Å². The zero-order chi connectivity index (χ0) is 15.5. The van der Waals surface area contributed by atoms with Crippen LogP contribution in [-0.4, -0.2) is 28.0 Å². The molecule has 3 N–H and O–H groups in total. The minimum atomic E-state index is -0.753. The third-order valence-corrected chi connectivity index (χ3v) is 4.41. The van der Waals surface area contributed by atoms with Crippen molar-refractivity contribution in [1.29, 1.82) is 0 Å². The summed E-state index contributed by atoms with van der Waals surface area (Å²) in [5.74, 6) is -1.05. The number of benzene rings is 1. The normalized spacial score (nSPS) is 21.1. The molecule has 2 aromatic rings. The number of hydrogen-bond donors (Lipinski definition) is 3. The van der Waals surface area contributed by atoms with Crippen LogP contribution in [0.15, 0.2) is 30.5 Å². The lowest BCUT2D eigenvalue weighted by Gasteiger charge is -2.12. The summed E-state index contributed by atoms with van der Waals surface area (Å²) in [5, 5.41) is 13.1. The van der Waals surface area contributed by atoms with Crippen LogP contribution in [0.5, 0.6) is 0 Å². The van der Waals surface area contributed by atoms with Gasteiger partial charge in [0.05, 0.1) is 5.92 Å². The van der Waals surface area contributed by atoms with Crippen molar-refractivity contribution < 1.29 is 14.7 Å². The molecule has 2 atom stereocenters. The van der Waals surface area contributed by atoms with Crippen LogP contribution in [0.2, 0.25) is 0 Å². The summed E-state index contributed by atoms with van der Waals surface area (Å²) in [4.78, 5) is 26.1. The number of carbonyl (C=O) groups excluding carboxylic acids is 1. The maximum Gasteiger partial charge on any atom is 0.306 e. The molecule has 1 heterocycles. The van der Waals surface area contributed by atoms with E-state index in [-0.39, 0.29) is 17.9 Å². The van der Waals surface area contributed by atoms with Crippen molar-refractivity contribution in [1.82, 2.24) is 10.3 Å². The van der Waals surface area contributed by atoms with Crippen molar-refractivity contribution >= 4 is 22.8 Å². The molecule has 1 aliphatic rings. The van der Waals surface area contributed by atoms with E-state index in [4.69, 9.17) is 5.11 Å². The second-order valence-electron chi connectivity index (χ2n) is 6.01. The molecule has 5 heteroatoms. The lowest BCUT2D eigenvalue weighted by Crippen LogP contribution is -2.33. The largest absolute Gasteiger partial charge is 0.481 e. The molecule has 0 aliphatic heterocycles. The Hall–Kier alpha value is -2.30. The van der Waals surface area contributed by atoms with Crippen molar-refractivity contribution in [3.8, 4) is 0 Å². The van der Waals surface area contributed by atoms with Gasteiger partial charge in [-0.25, -0.2) is 0 Å². The number of aromatic nitrogens is 1. The number of aliphatic carboxylic acids is 1. The Kier molecular flexibility index (Phi) is 4.13. The van der Waals surface area contributed by atoms with Gasteiger partial charge in [-0.15, -0.1) is 0 Å². The zero-order valence-corrected chi connectivity index (χ0v) is 12.3. The zero-order valence-electron chi connectivity index (χ0n) is 12.3. The Morgan fingerprint density at radius 3 is 2.91 bits per heavy atom. The smallest absolute Gasteiger partial charge is 0.306 e. The minimum absolute atomic E-state index is 0.00482. The van der Waals surface area contributed by atoms with Gasteiger partial charge in [-0.1, -0.05) is 6.07 Å². The predicted octanol–water partition coefficient (Wildman–Crippen LogP) is 2.47. The van der Waals surface area contributed by atoms with Gasteiger partial charge in [-0.05, 0) is 54.8 Å². The van der Waals surface area contributed by atoms with E-state index in [1.54, 1.807) is 0 Å². The van der Waals surface area contributed by atoms with Gasteiger partial charge in [-0.2, -0.15) is 0 Å². The average molecular weight is 300 g/mol. The molecule has 0 bridgehead atoms. The number of rotatable bonds is 5. The number of amides is 1. The highest BCUT2D eigenvalue weighted by Crippen LogP contribution is 2.25. The molecule has 5 nitrogen and oxygen atoms in total. The number of aromatic amines is 1. The van der Waals surface area contributed by atoms with Crippen molar-refractivity contribution in [2.45, 2.75) is 38.1 Å². The van der Waals surface area contributed by atoms with E-state index < -0.39 is 5.97 Å². The Morgan fingerprint density at radius 1 is 1.27 bits per heavy atom. The molecule has 0 spiro atoms. The number of carboxylic acids is 1. The number of carboxylic acid groups (broad SMARTS) is 1. The number of nitrogens with one attached hydrogen (secondary N) is 2. The maximum atomic E-state index is 12.0. The summed E-state index contributed by atoms with van der Waals surface area (Å²) >= 11 is 0. The molecule has 116 valence electrons. The van der Waals surface area contributed by atoms with E-state index >= 15 is 0 Å². The molecular formula is C17H20N2O3. The van der Waals surface area contributed by atoms with Crippen molar-refractivity contribution in [2.75, 3.05) is 0 Å². The van der Waals surface area contributed by atoms with Gasteiger partial charge >= 0.3 is 5.97 Å². The summed E-state index contributed by atoms with van der Waals surface area (Å²) in [7, 11) is 0. The summed E-state index contributed by atoms with van der Waals surface area (Å²) < 4.78 is 0. The lowest BCUT2D eigenvalue weighted by atomic mass is 10.1. The lowest BCUT2D eigenvalue weighted by molar-refractivity contribution is -0.141. The second-order valence-corrected chi connectivity index (χ2v) is 6.01. The van der Waals surface area contributed by atoms with E-state index in [2.05, 4.69) is 16.4 Å². The Bertz CT molecular complexity index is 692. The quantitative estimate of drug-likeness (QED) is 0.793.